The summed E-state index contributed by atoms with van der Waals surface area (Å²) in [5.74, 6) is 3.53. The Morgan fingerprint density at radius 1 is 1.18 bits per heavy atom. The van der Waals surface area contributed by atoms with Gasteiger partial charge in [-0.3, -0.25) is 10.1 Å². The number of furan rings is 1. The van der Waals surface area contributed by atoms with Crippen molar-refractivity contribution in [2.24, 2.45) is 4.99 Å². The Bertz CT molecular complexity index is 855. The van der Waals surface area contributed by atoms with E-state index in [9.17, 15) is 0 Å². The number of aryl methyl sites for hydroxylation is 1. The van der Waals surface area contributed by atoms with E-state index < -0.39 is 0 Å². The SMILES string of the molecule is CN=C(NCCCCc1ccc(OC)cc1)NCc1nc(-c2ccco2)n[nH]1. The van der Waals surface area contributed by atoms with Crippen molar-refractivity contribution >= 4 is 5.96 Å². The van der Waals surface area contributed by atoms with Crippen LogP contribution in [-0.2, 0) is 13.0 Å². The minimum absolute atomic E-state index is 0.499. The molecule has 3 rings (SSSR count). The molecule has 3 aromatic rings. The summed E-state index contributed by atoms with van der Waals surface area (Å²) in [6.45, 7) is 1.35. The van der Waals surface area contributed by atoms with Crippen LogP contribution in [0.4, 0.5) is 0 Å². The molecule has 0 saturated carbocycles. The molecule has 2 aromatic heterocycles. The summed E-state index contributed by atoms with van der Waals surface area (Å²) in [4.78, 5) is 8.63. The molecule has 0 unspecified atom stereocenters. The molecule has 0 spiro atoms. The van der Waals surface area contributed by atoms with E-state index in [-0.39, 0.29) is 0 Å². The van der Waals surface area contributed by atoms with Crippen molar-refractivity contribution < 1.29 is 9.15 Å². The van der Waals surface area contributed by atoms with Gasteiger partial charge in [-0.2, -0.15) is 0 Å². The fraction of sp³-hybridized carbons (Fsp3) is 0.350. The van der Waals surface area contributed by atoms with Crippen LogP contribution in [0, 0.1) is 0 Å². The first-order chi connectivity index (χ1) is 13.8. The van der Waals surface area contributed by atoms with Crippen molar-refractivity contribution in [1.29, 1.82) is 0 Å². The highest BCUT2D eigenvalue weighted by atomic mass is 16.5. The lowest BCUT2D eigenvalue weighted by atomic mass is 10.1. The van der Waals surface area contributed by atoms with Gasteiger partial charge in [0.2, 0.25) is 5.82 Å². The van der Waals surface area contributed by atoms with Gasteiger partial charge in [-0.15, -0.1) is 5.10 Å². The summed E-state index contributed by atoms with van der Waals surface area (Å²) in [7, 11) is 3.43. The molecule has 8 nitrogen and oxygen atoms in total. The number of unbranched alkanes of at least 4 members (excludes halogenated alkanes) is 1. The largest absolute Gasteiger partial charge is 0.497 e. The lowest BCUT2D eigenvalue weighted by Crippen LogP contribution is -2.37. The zero-order chi connectivity index (χ0) is 19.6. The summed E-state index contributed by atoms with van der Waals surface area (Å²) in [6.07, 6.45) is 4.80. The fourth-order valence-corrected chi connectivity index (χ4v) is 2.73. The molecule has 148 valence electrons. The lowest BCUT2D eigenvalue weighted by molar-refractivity contribution is 0.414. The molecule has 0 bridgehead atoms. The van der Waals surface area contributed by atoms with Gasteiger partial charge in [0.1, 0.15) is 11.6 Å². The molecule has 1 aromatic carbocycles. The number of aliphatic imine (C=N–C) groups is 1. The Morgan fingerprint density at radius 3 is 2.75 bits per heavy atom. The number of benzene rings is 1. The molecule has 0 atom stereocenters. The molecule has 0 amide bonds. The summed E-state index contributed by atoms with van der Waals surface area (Å²) in [6, 6.07) is 11.9. The highest BCUT2D eigenvalue weighted by Crippen LogP contribution is 2.14. The number of nitrogens with zero attached hydrogens (tertiary/aromatic N) is 3. The highest BCUT2D eigenvalue weighted by molar-refractivity contribution is 5.79. The Kier molecular flexibility index (Phi) is 7.06. The van der Waals surface area contributed by atoms with Crippen molar-refractivity contribution in [3.8, 4) is 17.3 Å². The highest BCUT2D eigenvalue weighted by Gasteiger charge is 2.08. The van der Waals surface area contributed by atoms with E-state index >= 15 is 0 Å². The van der Waals surface area contributed by atoms with Gasteiger partial charge in [-0.1, -0.05) is 12.1 Å². The van der Waals surface area contributed by atoms with E-state index in [4.69, 9.17) is 9.15 Å². The number of methoxy groups -OCH3 is 1. The summed E-state index contributed by atoms with van der Waals surface area (Å²) < 4.78 is 10.5. The molecule has 0 radical (unpaired) electrons. The maximum Gasteiger partial charge on any atom is 0.216 e. The zero-order valence-electron chi connectivity index (χ0n) is 16.2. The third kappa shape index (κ3) is 5.60. The zero-order valence-corrected chi connectivity index (χ0v) is 16.2. The summed E-state index contributed by atoms with van der Waals surface area (Å²) in [5, 5.41) is 13.6. The number of aromatic nitrogens is 3. The average molecular weight is 382 g/mol. The van der Waals surface area contributed by atoms with Gasteiger partial charge in [0, 0.05) is 13.6 Å². The maximum absolute atomic E-state index is 5.29. The van der Waals surface area contributed by atoms with Gasteiger partial charge in [0.05, 0.1) is 19.9 Å². The number of H-pyrrole nitrogens is 1. The normalized spacial score (nSPS) is 11.4. The molecule has 2 heterocycles. The van der Waals surface area contributed by atoms with E-state index in [2.05, 4.69) is 42.9 Å². The predicted molar refractivity (Wildman–Crippen MR) is 108 cm³/mol. The average Bonchev–Trinajstić information content (AvgIpc) is 3.42. The fourth-order valence-electron chi connectivity index (χ4n) is 2.73. The molecule has 0 aliphatic rings. The van der Waals surface area contributed by atoms with Crippen LogP contribution >= 0.6 is 0 Å². The number of aromatic amines is 1. The number of rotatable bonds is 9. The van der Waals surface area contributed by atoms with Gasteiger partial charge in [-0.25, -0.2) is 4.98 Å². The molecule has 0 fully saturated rings. The smallest absolute Gasteiger partial charge is 0.216 e. The first-order valence-corrected chi connectivity index (χ1v) is 9.31. The van der Waals surface area contributed by atoms with Gasteiger partial charge in [0.15, 0.2) is 11.7 Å². The molecular weight excluding hydrogens is 356 g/mol. The topological polar surface area (TPSA) is 100 Å². The number of hydrogen-bond acceptors (Lipinski definition) is 5. The van der Waals surface area contributed by atoms with E-state index in [1.54, 1.807) is 20.4 Å². The van der Waals surface area contributed by atoms with Crippen LogP contribution in [0.15, 0.2) is 52.1 Å². The van der Waals surface area contributed by atoms with E-state index in [1.807, 2.05) is 24.3 Å². The van der Waals surface area contributed by atoms with Crippen molar-refractivity contribution in [2.45, 2.75) is 25.8 Å². The van der Waals surface area contributed by atoms with Crippen LogP contribution in [0.5, 0.6) is 5.75 Å². The van der Waals surface area contributed by atoms with Crippen LogP contribution in [-0.4, -0.2) is 41.8 Å². The van der Waals surface area contributed by atoms with Gasteiger partial charge in [0.25, 0.3) is 0 Å². The first-order valence-electron chi connectivity index (χ1n) is 9.31. The van der Waals surface area contributed by atoms with Crippen LogP contribution in [0.1, 0.15) is 24.2 Å². The third-order valence-electron chi connectivity index (χ3n) is 4.26. The number of nitrogens with one attached hydrogen (secondary N) is 3. The predicted octanol–water partition coefficient (Wildman–Crippen LogP) is 2.76. The minimum Gasteiger partial charge on any atom is -0.497 e. The minimum atomic E-state index is 0.499. The van der Waals surface area contributed by atoms with Crippen molar-refractivity contribution in [1.82, 2.24) is 25.8 Å². The van der Waals surface area contributed by atoms with Crippen LogP contribution < -0.4 is 15.4 Å². The standard InChI is InChI=1S/C20H26N6O2/c1-21-20(22-12-4-3-6-15-8-10-16(27-2)11-9-15)23-14-18-24-19(26-25-18)17-7-5-13-28-17/h5,7-11,13H,3-4,6,12,14H2,1-2H3,(H2,21,22,23)(H,24,25,26). The summed E-state index contributed by atoms with van der Waals surface area (Å²) in [5.41, 5.74) is 1.32. The van der Waals surface area contributed by atoms with Gasteiger partial charge < -0.3 is 19.8 Å². The Labute approximate surface area is 164 Å². The van der Waals surface area contributed by atoms with E-state index in [0.717, 1.165) is 37.5 Å². The second-order valence-corrected chi connectivity index (χ2v) is 6.24. The maximum atomic E-state index is 5.29. The second kappa shape index (κ2) is 10.1. The Balaban J connectivity index is 1.34. The summed E-state index contributed by atoms with van der Waals surface area (Å²) >= 11 is 0. The van der Waals surface area contributed by atoms with Gasteiger partial charge >= 0.3 is 0 Å². The molecule has 0 aliphatic carbocycles. The molecule has 3 N–H and O–H groups in total. The first kappa shape index (κ1) is 19.5. The molecule has 28 heavy (non-hydrogen) atoms. The second-order valence-electron chi connectivity index (χ2n) is 6.24. The quantitative estimate of drug-likeness (QED) is 0.299. The van der Waals surface area contributed by atoms with Crippen molar-refractivity contribution in [3.63, 3.8) is 0 Å². The van der Waals surface area contributed by atoms with Crippen molar-refractivity contribution in [3.05, 3.63) is 54.0 Å². The van der Waals surface area contributed by atoms with Crippen molar-refractivity contribution in [2.75, 3.05) is 20.7 Å². The van der Waals surface area contributed by atoms with Crippen LogP contribution in [0.25, 0.3) is 11.6 Å². The Morgan fingerprint density at radius 2 is 2.04 bits per heavy atom. The monoisotopic (exact) mass is 382 g/mol. The van der Waals surface area contributed by atoms with E-state index in [1.165, 1.54) is 5.56 Å². The van der Waals surface area contributed by atoms with Gasteiger partial charge in [-0.05, 0) is 49.1 Å². The number of ether oxygens (including phenoxy) is 1. The van der Waals surface area contributed by atoms with Crippen LogP contribution in [0.2, 0.25) is 0 Å². The molecular formula is C20H26N6O2. The molecule has 8 heteroatoms. The van der Waals surface area contributed by atoms with E-state index in [0.29, 0.717) is 24.0 Å². The molecule has 0 aliphatic heterocycles. The number of guanidine groups is 1. The number of hydrogen-bond donors (Lipinski definition) is 3. The van der Waals surface area contributed by atoms with Crippen LogP contribution in [0.3, 0.4) is 0 Å². The molecule has 0 saturated heterocycles. The Hall–Kier alpha value is -3.29. The third-order valence-corrected chi connectivity index (χ3v) is 4.26. The lowest BCUT2D eigenvalue weighted by Gasteiger charge is -2.10.